The van der Waals surface area contributed by atoms with Crippen LogP contribution in [0.25, 0.3) is 11.0 Å². The zero-order valence-electron chi connectivity index (χ0n) is 13.8. The Morgan fingerprint density at radius 1 is 1.41 bits per heavy atom. The number of nitrogens with zero attached hydrogens (tertiary/aromatic N) is 3. The summed E-state index contributed by atoms with van der Waals surface area (Å²) < 4.78 is 2.10. The van der Waals surface area contributed by atoms with Gasteiger partial charge in [0, 0.05) is 56.9 Å². The highest BCUT2D eigenvalue weighted by Gasteiger charge is 2.28. The van der Waals surface area contributed by atoms with Gasteiger partial charge in [-0.15, -0.1) is 0 Å². The van der Waals surface area contributed by atoms with Gasteiger partial charge in [-0.05, 0) is 23.6 Å². The zero-order chi connectivity index (χ0) is 15.9. The monoisotopic (exact) mass is 300 g/mol. The van der Waals surface area contributed by atoms with Gasteiger partial charge in [0.15, 0.2) is 0 Å². The second-order valence-electron chi connectivity index (χ2n) is 6.53. The molecule has 3 rings (SSSR count). The SMILES string of the molecule is CC(=O)N1CC(NCc2cn(C)c3nc(C(C)C)ccc23)C1. The number of rotatable bonds is 4. The lowest BCUT2D eigenvalue weighted by atomic mass is 10.1. The molecule has 2 aromatic rings. The summed E-state index contributed by atoms with van der Waals surface area (Å²) in [6.45, 7) is 8.40. The van der Waals surface area contributed by atoms with Crippen molar-refractivity contribution in [3.8, 4) is 0 Å². The Hall–Kier alpha value is -1.88. The standard InChI is InChI=1S/C17H24N4O/c1-11(2)16-6-5-15-13(8-20(4)17(15)19-16)7-18-14-9-21(10-14)12(3)22/h5-6,8,11,14,18H,7,9-10H2,1-4H3. The van der Waals surface area contributed by atoms with E-state index >= 15 is 0 Å². The van der Waals surface area contributed by atoms with Gasteiger partial charge in [0.25, 0.3) is 0 Å². The quantitative estimate of drug-likeness (QED) is 0.940. The van der Waals surface area contributed by atoms with Gasteiger partial charge < -0.3 is 14.8 Å². The molecule has 118 valence electrons. The van der Waals surface area contributed by atoms with Gasteiger partial charge in [-0.2, -0.15) is 0 Å². The molecule has 1 saturated heterocycles. The lowest BCUT2D eigenvalue weighted by Crippen LogP contribution is -2.59. The molecule has 0 atom stereocenters. The number of carbonyl (C=O) groups is 1. The molecule has 0 spiro atoms. The fourth-order valence-corrected chi connectivity index (χ4v) is 2.93. The minimum Gasteiger partial charge on any atom is -0.340 e. The zero-order valence-corrected chi connectivity index (χ0v) is 13.8. The van der Waals surface area contributed by atoms with Crippen molar-refractivity contribution in [2.75, 3.05) is 13.1 Å². The second kappa shape index (κ2) is 5.72. The van der Waals surface area contributed by atoms with Crippen molar-refractivity contribution in [1.82, 2.24) is 19.8 Å². The van der Waals surface area contributed by atoms with Gasteiger partial charge in [0.2, 0.25) is 5.91 Å². The van der Waals surface area contributed by atoms with Gasteiger partial charge in [-0.3, -0.25) is 4.79 Å². The van der Waals surface area contributed by atoms with Gasteiger partial charge in [-0.1, -0.05) is 13.8 Å². The average Bonchev–Trinajstić information content (AvgIpc) is 2.73. The van der Waals surface area contributed by atoms with Crippen molar-refractivity contribution < 1.29 is 4.79 Å². The van der Waals surface area contributed by atoms with Crippen LogP contribution in [0.5, 0.6) is 0 Å². The van der Waals surface area contributed by atoms with Crippen LogP contribution in [0.1, 0.15) is 37.9 Å². The molecule has 0 saturated carbocycles. The molecule has 1 N–H and O–H groups in total. The predicted octanol–water partition coefficient (Wildman–Crippen LogP) is 2.02. The van der Waals surface area contributed by atoms with Gasteiger partial charge in [0.05, 0.1) is 0 Å². The molecule has 0 radical (unpaired) electrons. The Morgan fingerprint density at radius 2 is 2.14 bits per heavy atom. The third kappa shape index (κ3) is 2.73. The molecular weight excluding hydrogens is 276 g/mol. The van der Waals surface area contributed by atoms with Crippen molar-refractivity contribution in [1.29, 1.82) is 0 Å². The van der Waals surface area contributed by atoms with E-state index in [0.29, 0.717) is 12.0 Å². The Morgan fingerprint density at radius 3 is 2.77 bits per heavy atom. The Balaban J connectivity index is 1.71. The third-order valence-electron chi connectivity index (χ3n) is 4.43. The molecule has 5 heteroatoms. The first-order valence-corrected chi connectivity index (χ1v) is 7.89. The number of aromatic nitrogens is 2. The van der Waals surface area contributed by atoms with E-state index < -0.39 is 0 Å². The Labute approximate surface area is 131 Å². The highest BCUT2D eigenvalue weighted by atomic mass is 16.2. The number of likely N-dealkylation sites (tertiary alicyclic amines) is 1. The van der Waals surface area contributed by atoms with Crippen LogP contribution in [-0.4, -0.2) is 39.5 Å². The number of pyridine rings is 1. The number of fused-ring (bicyclic) bond motifs is 1. The topological polar surface area (TPSA) is 50.2 Å². The summed E-state index contributed by atoms with van der Waals surface area (Å²) in [6.07, 6.45) is 2.15. The lowest BCUT2D eigenvalue weighted by Gasteiger charge is -2.39. The van der Waals surface area contributed by atoms with Crippen LogP contribution in [0.3, 0.4) is 0 Å². The van der Waals surface area contributed by atoms with Gasteiger partial charge in [-0.25, -0.2) is 4.98 Å². The number of aryl methyl sites for hydroxylation is 1. The molecular formula is C17H24N4O. The van der Waals surface area contributed by atoms with Crippen LogP contribution < -0.4 is 5.32 Å². The minimum absolute atomic E-state index is 0.161. The first-order chi connectivity index (χ1) is 10.5. The molecule has 1 aliphatic rings. The molecule has 5 nitrogen and oxygen atoms in total. The smallest absolute Gasteiger partial charge is 0.219 e. The van der Waals surface area contributed by atoms with E-state index in [-0.39, 0.29) is 5.91 Å². The van der Waals surface area contributed by atoms with E-state index in [2.05, 4.69) is 42.1 Å². The molecule has 0 bridgehead atoms. The second-order valence-corrected chi connectivity index (χ2v) is 6.53. The van der Waals surface area contributed by atoms with Crippen LogP contribution in [0, 0.1) is 0 Å². The van der Waals surface area contributed by atoms with E-state index in [1.54, 1.807) is 6.92 Å². The molecule has 3 heterocycles. The number of hydrogen-bond acceptors (Lipinski definition) is 3. The summed E-state index contributed by atoms with van der Waals surface area (Å²) in [5.41, 5.74) is 3.44. The maximum Gasteiger partial charge on any atom is 0.219 e. The molecule has 22 heavy (non-hydrogen) atoms. The normalized spacial score (nSPS) is 15.6. The summed E-state index contributed by atoms with van der Waals surface area (Å²) in [4.78, 5) is 17.8. The molecule has 1 aliphatic heterocycles. The van der Waals surface area contributed by atoms with Crippen molar-refractivity contribution in [2.24, 2.45) is 7.05 Å². The molecule has 0 aliphatic carbocycles. The van der Waals surface area contributed by atoms with E-state index in [0.717, 1.165) is 31.0 Å². The van der Waals surface area contributed by atoms with Crippen LogP contribution in [-0.2, 0) is 18.4 Å². The first kappa shape index (κ1) is 15.0. The summed E-state index contributed by atoms with van der Waals surface area (Å²) in [5, 5.41) is 4.74. The highest BCUT2D eigenvalue weighted by molar-refractivity contribution is 5.80. The van der Waals surface area contributed by atoms with Crippen LogP contribution in [0.4, 0.5) is 0 Å². The molecule has 2 aromatic heterocycles. The van der Waals surface area contributed by atoms with Crippen LogP contribution in [0.2, 0.25) is 0 Å². The van der Waals surface area contributed by atoms with Crippen LogP contribution >= 0.6 is 0 Å². The van der Waals surface area contributed by atoms with Crippen LogP contribution in [0.15, 0.2) is 18.3 Å². The summed E-state index contributed by atoms with van der Waals surface area (Å²) in [5.74, 6) is 0.599. The minimum atomic E-state index is 0.161. The van der Waals surface area contributed by atoms with Crippen molar-refractivity contribution in [3.63, 3.8) is 0 Å². The number of hydrogen-bond donors (Lipinski definition) is 1. The maximum absolute atomic E-state index is 11.2. The molecule has 0 aromatic carbocycles. The van der Waals surface area contributed by atoms with Crippen molar-refractivity contribution in [2.45, 2.75) is 39.3 Å². The third-order valence-corrected chi connectivity index (χ3v) is 4.43. The molecule has 0 unspecified atom stereocenters. The summed E-state index contributed by atoms with van der Waals surface area (Å²) in [6, 6.07) is 4.70. The van der Waals surface area contributed by atoms with Gasteiger partial charge >= 0.3 is 0 Å². The van der Waals surface area contributed by atoms with E-state index in [1.165, 1.54) is 10.9 Å². The fourth-order valence-electron chi connectivity index (χ4n) is 2.93. The Kier molecular flexibility index (Phi) is 3.91. The lowest BCUT2D eigenvalue weighted by molar-refractivity contribution is -0.133. The van der Waals surface area contributed by atoms with Gasteiger partial charge in [0.1, 0.15) is 5.65 Å². The number of amides is 1. The van der Waals surface area contributed by atoms with Crippen molar-refractivity contribution in [3.05, 3.63) is 29.6 Å². The predicted molar refractivity (Wildman–Crippen MR) is 87.7 cm³/mol. The molecule has 1 amide bonds. The van der Waals surface area contributed by atoms with Crippen molar-refractivity contribution >= 4 is 16.9 Å². The average molecular weight is 300 g/mol. The first-order valence-electron chi connectivity index (χ1n) is 7.89. The van der Waals surface area contributed by atoms with E-state index in [4.69, 9.17) is 4.98 Å². The van der Waals surface area contributed by atoms with E-state index in [9.17, 15) is 4.79 Å². The number of carbonyl (C=O) groups excluding carboxylic acids is 1. The van der Waals surface area contributed by atoms with E-state index in [1.807, 2.05) is 11.9 Å². The number of nitrogens with one attached hydrogen (secondary N) is 1. The fraction of sp³-hybridized carbons (Fsp3) is 0.529. The Bertz CT molecular complexity index is 698. The highest BCUT2D eigenvalue weighted by Crippen LogP contribution is 2.22. The maximum atomic E-state index is 11.2. The summed E-state index contributed by atoms with van der Waals surface area (Å²) in [7, 11) is 2.05. The molecule has 1 fully saturated rings. The largest absolute Gasteiger partial charge is 0.340 e. The summed E-state index contributed by atoms with van der Waals surface area (Å²) >= 11 is 0.